The molecule has 1 aromatic carbocycles. The van der Waals surface area contributed by atoms with Gasteiger partial charge in [-0.3, -0.25) is 9.59 Å². The van der Waals surface area contributed by atoms with Crippen LogP contribution < -0.4 is 4.90 Å². The summed E-state index contributed by atoms with van der Waals surface area (Å²) < 4.78 is 1.06. The van der Waals surface area contributed by atoms with Crippen molar-refractivity contribution in [1.82, 2.24) is 4.90 Å². The van der Waals surface area contributed by atoms with Crippen molar-refractivity contribution in [3.05, 3.63) is 50.6 Å². The molecule has 0 atom stereocenters. The average Bonchev–Trinajstić information content (AvgIpc) is 3.21. The summed E-state index contributed by atoms with van der Waals surface area (Å²) >= 11 is 5.00. The number of nitrogens with zero attached hydrogens (tertiary/aromatic N) is 2. The lowest BCUT2D eigenvalue weighted by Gasteiger charge is -2.36. The number of carbonyl (C=O) groups excluding carboxylic acids is 2. The molecule has 1 aromatic heterocycles. The highest BCUT2D eigenvalue weighted by atomic mass is 79.9. The number of anilines is 1. The number of thiophene rings is 1. The molecule has 0 unspecified atom stereocenters. The van der Waals surface area contributed by atoms with Gasteiger partial charge in [-0.05, 0) is 60.9 Å². The standard InChI is InChI=1S/C20H21BrN2O2S/c21-16-5-6-17-15(13-16)3-1-9-23(17)19(24)14-7-10-22(11-8-14)20(25)18-4-2-12-26-18/h2,4-6,12-14H,1,3,7-11H2. The van der Waals surface area contributed by atoms with E-state index in [0.29, 0.717) is 13.1 Å². The molecule has 0 radical (unpaired) electrons. The molecule has 4 nitrogen and oxygen atoms in total. The van der Waals surface area contributed by atoms with E-state index in [9.17, 15) is 9.59 Å². The van der Waals surface area contributed by atoms with Gasteiger partial charge in [0.1, 0.15) is 0 Å². The van der Waals surface area contributed by atoms with Gasteiger partial charge in [0.05, 0.1) is 4.88 Å². The van der Waals surface area contributed by atoms with Crippen molar-refractivity contribution in [2.75, 3.05) is 24.5 Å². The Morgan fingerprint density at radius 3 is 2.65 bits per heavy atom. The molecule has 26 heavy (non-hydrogen) atoms. The summed E-state index contributed by atoms with van der Waals surface area (Å²) in [6, 6.07) is 9.95. The molecule has 1 fully saturated rings. The summed E-state index contributed by atoms with van der Waals surface area (Å²) in [5, 5.41) is 1.93. The van der Waals surface area contributed by atoms with Gasteiger partial charge in [-0.25, -0.2) is 0 Å². The van der Waals surface area contributed by atoms with Crippen LogP contribution in [0.1, 0.15) is 34.5 Å². The maximum absolute atomic E-state index is 13.1. The molecule has 0 bridgehead atoms. The van der Waals surface area contributed by atoms with Gasteiger partial charge in [-0.1, -0.05) is 22.0 Å². The van der Waals surface area contributed by atoms with Crippen LogP contribution in [0, 0.1) is 5.92 Å². The van der Waals surface area contributed by atoms with Gasteiger partial charge >= 0.3 is 0 Å². The van der Waals surface area contributed by atoms with E-state index in [1.807, 2.05) is 39.4 Å². The molecule has 0 aliphatic carbocycles. The molecule has 0 spiro atoms. The summed E-state index contributed by atoms with van der Waals surface area (Å²) in [4.78, 5) is 30.2. The molecule has 4 rings (SSSR count). The molecule has 136 valence electrons. The highest BCUT2D eigenvalue weighted by Gasteiger charge is 2.32. The number of carbonyl (C=O) groups is 2. The first-order valence-electron chi connectivity index (χ1n) is 9.06. The molecule has 1 saturated heterocycles. The third-order valence-corrected chi connectivity index (χ3v) is 6.64. The SMILES string of the molecule is O=C(c1cccs1)N1CCC(C(=O)N2CCCc3cc(Br)ccc32)CC1. The lowest BCUT2D eigenvalue weighted by molar-refractivity contribution is -0.123. The topological polar surface area (TPSA) is 40.6 Å². The van der Waals surface area contributed by atoms with Crippen LogP contribution >= 0.6 is 27.3 Å². The fraction of sp³-hybridized carbons (Fsp3) is 0.400. The van der Waals surface area contributed by atoms with E-state index >= 15 is 0 Å². The highest BCUT2D eigenvalue weighted by molar-refractivity contribution is 9.10. The Hall–Kier alpha value is -1.66. The smallest absolute Gasteiger partial charge is 0.263 e. The fourth-order valence-electron chi connectivity index (χ4n) is 3.90. The van der Waals surface area contributed by atoms with Crippen LogP contribution in [0.25, 0.3) is 0 Å². The van der Waals surface area contributed by atoms with E-state index < -0.39 is 0 Å². The van der Waals surface area contributed by atoms with Gasteiger partial charge in [-0.2, -0.15) is 0 Å². The van der Waals surface area contributed by atoms with Crippen LogP contribution in [-0.4, -0.2) is 36.3 Å². The number of likely N-dealkylation sites (tertiary alicyclic amines) is 1. The third kappa shape index (κ3) is 3.45. The second-order valence-electron chi connectivity index (χ2n) is 6.91. The number of aryl methyl sites for hydroxylation is 1. The van der Waals surface area contributed by atoms with Gasteiger partial charge in [-0.15, -0.1) is 11.3 Å². The zero-order chi connectivity index (χ0) is 18.1. The first-order valence-corrected chi connectivity index (χ1v) is 10.7. The van der Waals surface area contributed by atoms with Crippen LogP contribution in [0.15, 0.2) is 40.2 Å². The molecule has 2 amide bonds. The molecular formula is C20H21BrN2O2S. The van der Waals surface area contributed by atoms with Crippen LogP contribution in [0.3, 0.4) is 0 Å². The molecule has 0 saturated carbocycles. The first kappa shape index (κ1) is 17.7. The maximum atomic E-state index is 13.1. The zero-order valence-corrected chi connectivity index (χ0v) is 16.9. The fourth-order valence-corrected chi connectivity index (χ4v) is 5.00. The zero-order valence-electron chi connectivity index (χ0n) is 14.5. The Morgan fingerprint density at radius 2 is 1.92 bits per heavy atom. The van der Waals surface area contributed by atoms with Crippen LogP contribution in [0.2, 0.25) is 0 Å². The van der Waals surface area contributed by atoms with Crippen LogP contribution in [0.4, 0.5) is 5.69 Å². The number of fused-ring (bicyclic) bond motifs is 1. The van der Waals surface area contributed by atoms with E-state index in [4.69, 9.17) is 0 Å². The van der Waals surface area contributed by atoms with E-state index in [2.05, 4.69) is 22.0 Å². The van der Waals surface area contributed by atoms with E-state index in [1.54, 1.807) is 0 Å². The predicted molar refractivity (Wildman–Crippen MR) is 108 cm³/mol. The van der Waals surface area contributed by atoms with Crippen LogP contribution in [0.5, 0.6) is 0 Å². The number of amides is 2. The molecule has 2 aromatic rings. The lowest BCUT2D eigenvalue weighted by Crippen LogP contribution is -2.45. The van der Waals surface area contributed by atoms with E-state index in [0.717, 1.165) is 47.3 Å². The number of hydrogen-bond donors (Lipinski definition) is 0. The second kappa shape index (κ2) is 7.53. The van der Waals surface area contributed by atoms with Crippen molar-refractivity contribution in [1.29, 1.82) is 0 Å². The predicted octanol–water partition coefficient (Wildman–Crippen LogP) is 4.34. The van der Waals surface area contributed by atoms with Gasteiger partial charge < -0.3 is 9.80 Å². The molecule has 3 heterocycles. The van der Waals surface area contributed by atoms with Gasteiger partial charge in [0, 0.05) is 35.7 Å². The van der Waals surface area contributed by atoms with Gasteiger partial charge in [0.15, 0.2) is 0 Å². The molecule has 2 aliphatic heterocycles. The lowest BCUT2D eigenvalue weighted by atomic mass is 9.93. The van der Waals surface area contributed by atoms with Crippen LogP contribution in [-0.2, 0) is 11.2 Å². The largest absolute Gasteiger partial charge is 0.338 e. The van der Waals surface area contributed by atoms with E-state index in [1.165, 1.54) is 16.9 Å². The Kier molecular flexibility index (Phi) is 5.14. The van der Waals surface area contributed by atoms with Crippen molar-refractivity contribution in [2.24, 2.45) is 5.92 Å². The molecule has 6 heteroatoms. The van der Waals surface area contributed by atoms with Crippen molar-refractivity contribution in [3.63, 3.8) is 0 Å². The summed E-state index contributed by atoms with van der Waals surface area (Å²) in [5.74, 6) is 0.326. The molecule has 0 N–H and O–H groups in total. The quantitative estimate of drug-likeness (QED) is 0.707. The Balaban J connectivity index is 1.42. The van der Waals surface area contributed by atoms with Gasteiger partial charge in [0.2, 0.25) is 5.91 Å². The van der Waals surface area contributed by atoms with Gasteiger partial charge in [0.25, 0.3) is 5.91 Å². The maximum Gasteiger partial charge on any atom is 0.263 e. The summed E-state index contributed by atoms with van der Waals surface area (Å²) in [6.45, 7) is 2.12. The first-order chi connectivity index (χ1) is 12.6. The summed E-state index contributed by atoms with van der Waals surface area (Å²) in [6.07, 6.45) is 3.52. The number of benzene rings is 1. The number of hydrogen-bond acceptors (Lipinski definition) is 3. The van der Waals surface area contributed by atoms with E-state index in [-0.39, 0.29) is 17.7 Å². The average molecular weight is 433 g/mol. The normalized spacial score (nSPS) is 17.9. The Bertz CT molecular complexity index is 813. The summed E-state index contributed by atoms with van der Waals surface area (Å²) in [5.41, 5.74) is 2.30. The molecule has 2 aliphatic rings. The second-order valence-corrected chi connectivity index (χ2v) is 8.77. The van der Waals surface area contributed by atoms with Crippen molar-refractivity contribution >= 4 is 44.8 Å². The monoisotopic (exact) mass is 432 g/mol. The van der Waals surface area contributed by atoms with Crippen molar-refractivity contribution < 1.29 is 9.59 Å². The number of halogens is 1. The molecular weight excluding hydrogens is 412 g/mol. The minimum Gasteiger partial charge on any atom is -0.338 e. The Morgan fingerprint density at radius 1 is 1.12 bits per heavy atom. The highest BCUT2D eigenvalue weighted by Crippen LogP contribution is 2.32. The van der Waals surface area contributed by atoms with Crippen molar-refractivity contribution in [2.45, 2.75) is 25.7 Å². The minimum absolute atomic E-state index is 0.0111. The summed E-state index contributed by atoms with van der Waals surface area (Å²) in [7, 11) is 0. The number of piperidine rings is 1. The van der Waals surface area contributed by atoms with Crippen molar-refractivity contribution in [3.8, 4) is 0 Å². The Labute approximate surface area is 165 Å². The third-order valence-electron chi connectivity index (χ3n) is 5.29. The minimum atomic E-state index is 0.0111. The number of rotatable bonds is 2.